The monoisotopic (exact) mass is 469 g/mol. The number of nitrogens with two attached hydrogens (primary N) is 1. The van der Waals surface area contributed by atoms with Crippen molar-refractivity contribution < 1.29 is 13.0 Å². The van der Waals surface area contributed by atoms with E-state index in [9.17, 15) is 13.0 Å². The molecule has 0 bridgehead atoms. The Morgan fingerprint density at radius 1 is 1.23 bits per heavy atom. The van der Waals surface area contributed by atoms with Crippen molar-refractivity contribution in [3.05, 3.63) is 35.5 Å². The van der Waals surface area contributed by atoms with Gasteiger partial charge in [0.15, 0.2) is 0 Å². The van der Waals surface area contributed by atoms with Crippen LogP contribution in [0.3, 0.4) is 0 Å². The van der Waals surface area contributed by atoms with Gasteiger partial charge >= 0.3 is 0 Å². The summed E-state index contributed by atoms with van der Waals surface area (Å²) in [5.74, 6) is 0.589. The molecule has 3 rings (SSSR count). The second-order valence-electron chi connectivity index (χ2n) is 9.39. The van der Waals surface area contributed by atoms with Crippen LogP contribution in [0.4, 0.5) is 8.78 Å². The smallest absolute Gasteiger partial charge is 0.265 e. The molecule has 1 fully saturated rings. The third-order valence-corrected chi connectivity index (χ3v) is 7.99. The predicted octanol–water partition coefficient (Wildman–Crippen LogP) is 6.36. The molecule has 1 heterocycles. The van der Waals surface area contributed by atoms with Crippen molar-refractivity contribution in [2.45, 2.75) is 88.1 Å². The molecular formula is C23H33F2N3OS2. The third-order valence-electron chi connectivity index (χ3n) is 5.75. The molecule has 31 heavy (non-hydrogen) atoms. The standard InChI is InChI=1S/C23H33F2N3OS2/c1-15-20(30-26)13-19(28(15)14-16-8-6-5-7-9-16)17-10-11-21(18(12-17)22(24)25)31(29)27-23(2,3)4/h10-13,16,22,27H,5-9,14,26H2,1-4H3. The molecule has 4 nitrogen and oxygen atoms in total. The highest BCUT2D eigenvalue weighted by molar-refractivity contribution is 7.97. The second-order valence-corrected chi connectivity index (χ2v) is 11.2. The molecular weight excluding hydrogens is 436 g/mol. The molecule has 1 atom stereocenters. The fraction of sp³-hybridized carbons (Fsp3) is 0.565. The Balaban J connectivity index is 2.01. The van der Waals surface area contributed by atoms with E-state index in [1.165, 1.54) is 50.1 Å². The van der Waals surface area contributed by atoms with Crippen LogP contribution in [0, 0.1) is 12.8 Å². The summed E-state index contributed by atoms with van der Waals surface area (Å²) in [6, 6.07) is 6.82. The molecule has 1 unspecified atom stereocenters. The molecule has 0 saturated heterocycles. The molecule has 1 saturated carbocycles. The summed E-state index contributed by atoms with van der Waals surface area (Å²) in [5.41, 5.74) is 2.00. The number of hydrogen-bond acceptors (Lipinski definition) is 3. The van der Waals surface area contributed by atoms with Gasteiger partial charge in [0.25, 0.3) is 6.43 Å². The van der Waals surface area contributed by atoms with Crippen LogP contribution in [0.1, 0.15) is 70.6 Å². The minimum atomic E-state index is -2.72. The van der Waals surface area contributed by atoms with Gasteiger partial charge in [-0.3, -0.25) is 5.14 Å². The Kier molecular flexibility index (Phi) is 8.00. The lowest BCUT2D eigenvalue weighted by atomic mass is 9.89. The normalized spacial score (nSPS) is 16.8. The lowest BCUT2D eigenvalue weighted by Gasteiger charge is -2.24. The summed E-state index contributed by atoms with van der Waals surface area (Å²) in [5, 5.41) is 5.88. The molecule has 0 radical (unpaired) electrons. The van der Waals surface area contributed by atoms with Crippen LogP contribution in [0.25, 0.3) is 11.3 Å². The van der Waals surface area contributed by atoms with Crippen LogP contribution in [0.2, 0.25) is 0 Å². The topological polar surface area (TPSA) is 60.1 Å². The number of halogens is 2. The third kappa shape index (κ3) is 5.97. The van der Waals surface area contributed by atoms with Crippen LogP contribution < -0.4 is 9.86 Å². The summed E-state index contributed by atoms with van der Waals surface area (Å²) in [6.07, 6.45) is 3.45. The molecule has 1 aliphatic carbocycles. The molecule has 1 aliphatic rings. The van der Waals surface area contributed by atoms with Crippen molar-refractivity contribution in [2.75, 3.05) is 0 Å². The Labute approximate surface area is 191 Å². The van der Waals surface area contributed by atoms with E-state index in [2.05, 4.69) is 9.29 Å². The summed E-state index contributed by atoms with van der Waals surface area (Å²) >= 11 is 1.18. The van der Waals surface area contributed by atoms with Crippen molar-refractivity contribution in [1.29, 1.82) is 0 Å². The lowest BCUT2D eigenvalue weighted by molar-refractivity contribution is 0.148. The second kappa shape index (κ2) is 10.1. The number of aromatic nitrogens is 1. The molecule has 2 aromatic rings. The van der Waals surface area contributed by atoms with Gasteiger partial charge in [0.05, 0.1) is 4.90 Å². The number of alkyl halides is 2. The zero-order valence-electron chi connectivity index (χ0n) is 18.7. The van der Waals surface area contributed by atoms with Gasteiger partial charge in [-0.2, -0.15) is 0 Å². The van der Waals surface area contributed by atoms with Gasteiger partial charge in [0.1, 0.15) is 11.0 Å². The maximum absolute atomic E-state index is 13.9. The summed E-state index contributed by atoms with van der Waals surface area (Å²) in [4.78, 5) is 1.08. The van der Waals surface area contributed by atoms with Gasteiger partial charge in [-0.25, -0.2) is 17.7 Å². The van der Waals surface area contributed by atoms with Crippen molar-refractivity contribution in [3.8, 4) is 11.3 Å². The van der Waals surface area contributed by atoms with E-state index in [4.69, 9.17) is 5.14 Å². The SMILES string of the molecule is Cc1c(SN)cc(-c2ccc(S(=O)NC(C)(C)C)c(C(F)F)c2)n1CC1CCCCC1. The molecule has 0 spiro atoms. The first-order valence-corrected chi connectivity index (χ1v) is 12.8. The molecule has 0 aliphatic heterocycles. The first kappa shape index (κ1) is 24.4. The summed E-state index contributed by atoms with van der Waals surface area (Å²) < 4.78 is 45.7. The Morgan fingerprint density at radius 3 is 2.48 bits per heavy atom. The van der Waals surface area contributed by atoms with Gasteiger partial charge in [0, 0.05) is 33.9 Å². The highest BCUT2D eigenvalue weighted by Gasteiger charge is 2.24. The largest absolute Gasteiger partial charge is 0.343 e. The number of hydrogen-bond donors (Lipinski definition) is 2. The number of nitrogens with one attached hydrogen (secondary N) is 1. The van der Waals surface area contributed by atoms with Crippen molar-refractivity contribution in [2.24, 2.45) is 11.1 Å². The maximum atomic E-state index is 13.9. The fourth-order valence-corrected chi connectivity index (χ4v) is 5.90. The van der Waals surface area contributed by atoms with E-state index in [1.807, 2.05) is 33.8 Å². The zero-order chi connectivity index (χ0) is 22.8. The van der Waals surface area contributed by atoms with Crippen LogP contribution >= 0.6 is 11.9 Å². The Hall–Kier alpha value is -1.22. The Bertz CT molecular complexity index is 932. The first-order valence-electron chi connectivity index (χ1n) is 10.8. The van der Waals surface area contributed by atoms with Gasteiger partial charge in [-0.1, -0.05) is 25.3 Å². The fourth-order valence-electron chi connectivity index (χ4n) is 4.22. The quantitative estimate of drug-likeness (QED) is 0.464. The molecule has 1 aromatic heterocycles. The van der Waals surface area contributed by atoms with Gasteiger partial charge < -0.3 is 4.57 Å². The van der Waals surface area contributed by atoms with Gasteiger partial charge in [-0.05, 0) is 82.2 Å². The highest BCUT2D eigenvalue weighted by atomic mass is 32.2. The van der Waals surface area contributed by atoms with E-state index < -0.39 is 22.9 Å². The Morgan fingerprint density at radius 2 is 1.90 bits per heavy atom. The first-order chi connectivity index (χ1) is 14.6. The summed E-state index contributed by atoms with van der Waals surface area (Å²) in [7, 11) is -1.72. The van der Waals surface area contributed by atoms with Gasteiger partial charge in [-0.15, -0.1) is 0 Å². The molecule has 172 valence electrons. The number of rotatable bonds is 7. The van der Waals surface area contributed by atoms with Crippen molar-refractivity contribution in [1.82, 2.24) is 9.29 Å². The number of benzene rings is 1. The van der Waals surface area contributed by atoms with E-state index in [-0.39, 0.29) is 10.5 Å². The molecule has 0 amide bonds. The van der Waals surface area contributed by atoms with E-state index >= 15 is 0 Å². The predicted molar refractivity (Wildman–Crippen MR) is 125 cm³/mol. The van der Waals surface area contributed by atoms with Crippen molar-refractivity contribution >= 4 is 22.9 Å². The van der Waals surface area contributed by atoms with E-state index in [1.54, 1.807) is 12.1 Å². The van der Waals surface area contributed by atoms with E-state index in [0.29, 0.717) is 11.5 Å². The van der Waals surface area contributed by atoms with Crippen molar-refractivity contribution in [3.63, 3.8) is 0 Å². The molecule has 8 heteroatoms. The average molecular weight is 470 g/mol. The van der Waals surface area contributed by atoms with Crippen LogP contribution in [0.5, 0.6) is 0 Å². The highest BCUT2D eigenvalue weighted by Crippen LogP contribution is 2.36. The summed E-state index contributed by atoms with van der Waals surface area (Å²) in [6.45, 7) is 8.47. The van der Waals surface area contributed by atoms with E-state index in [0.717, 1.165) is 22.8 Å². The van der Waals surface area contributed by atoms with Gasteiger partial charge in [0.2, 0.25) is 0 Å². The average Bonchev–Trinajstić information content (AvgIpc) is 3.02. The minimum absolute atomic E-state index is 0.129. The number of nitrogens with zero attached hydrogens (tertiary/aromatic N) is 1. The lowest BCUT2D eigenvalue weighted by Crippen LogP contribution is -2.37. The van der Waals surface area contributed by atoms with Crippen LogP contribution in [-0.2, 0) is 17.5 Å². The minimum Gasteiger partial charge on any atom is -0.343 e. The maximum Gasteiger partial charge on any atom is 0.265 e. The zero-order valence-corrected chi connectivity index (χ0v) is 20.3. The molecule has 3 N–H and O–H groups in total. The molecule has 1 aromatic carbocycles. The van der Waals surface area contributed by atoms with Crippen LogP contribution in [-0.4, -0.2) is 14.3 Å². The van der Waals surface area contributed by atoms with Crippen LogP contribution in [0.15, 0.2) is 34.1 Å².